The molecule has 2 rings (SSSR count). The summed E-state index contributed by atoms with van der Waals surface area (Å²) in [6.45, 7) is 5.38. The summed E-state index contributed by atoms with van der Waals surface area (Å²) in [4.78, 5) is 4.22. The molecule has 0 saturated heterocycles. The van der Waals surface area contributed by atoms with E-state index in [1.807, 2.05) is 12.4 Å². The number of aryl methyl sites for hydroxylation is 1. The monoisotopic (exact) mass is 190 g/mol. The molecule has 14 heavy (non-hydrogen) atoms. The summed E-state index contributed by atoms with van der Waals surface area (Å²) in [6.07, 6.45) is 6.62. The van der Waals surface area contributed by atoms with Crippen molar-refractivity contribution in [1.82, 2.24) is 10.3 Å². The molecule has 2 nitrogen and oxygen atoms in total. The van der Waals surface area contributed by atoms with Gasteiger partial charge in [-0.15, -0.1) is 0 Å². The van der Waals surface area contributed by atoms with Gasteiger partial charge in [-0.2, -0.15) is 0 Å². The number of aromatic nitrogens is 1. The zero-order valence-corrected chi connectivity index (χ0v) is 8.96. The van der Waals surface area contributed by atoms with Gasteiger partial charge in [0.1, 0.15) is 0 Å². The van der Waals surface area contributed by atoms with E-state index >= 15 is 0 Å². The lowest BCUT2D eigenvalue weighted by molar-refractivity contribution is 0.492. The minimum atomic E-state index is 0.536. The summed E-state index contributed by atoms with van der Waals surface area (Å²) in [7, 11) is 0. The van der Waals surface area contributed by atoms with Crippen molar-refractivity contribution in [2.75, 3.05) is 6.54 Å². The molecule has 1 aliphatic rings. The van der Waals surface area contributed by atoms with E-state index in [0.29, 0.717) is 6.04 Å². The number of nitrogens with zero attached hydrogens (tertiary/aromatic N) is 1. The molecule has 0 spiro atoms. The van der Waals surface area contributed by atoms with E-state index < -0.39 is 0 Å². The minimum Gasteiger partial charge on any atom is -0.310 e. The lowest BCUT2D eigenvalue weighted by Gasteiger charge is -2.19. The Labute approximate surface area is 85.7 Å². The standard InChI is InChI=1S/C12H18N2/c1-3-14-12(10-4-5-10)11-8-13-7-6-9(11)2/h6-8,10,12,14H,3-5H2,1-2H3. The van der Waals surface area contributed by atoms with Gasteiger partial charge in [-0.05, 0) is 49.4 Å². The van der Waals surface area contributed by atoms with Gasteiger partial charge < -0.3 is 5.32 Å². The van der Waals surface area contributed by atoms with Crippen molar-refractivity contribution in [3.05, 3.63) is 29.6 Å². The zero-order chi connectivity index (χ0) is 9.97. The average molecular weight is 190 g/mol. The van der Waals surface area contributed by atoms with Crippen LogP contribution in [0.5, 0.6) is 0 Å². The Balaban J connectivity index is 2.21. The van der Waals surface area contributed by atoms with Crippen molar-refractivity contribution in [3.63, 3.8) is 0 Å². The maximum atomic E-state index is 4.22. The SMILES string of the molecule is CCNC(c1cnccc1C)C1CC1. The van der Waals surface area contributed by atoms with Gasteiger partial charge in [0.05, 0.1) is 0 Å². The van der Waals surface area contributed by atoms with Gasteiger partial charge in [0, 0.05) is 18.4 Å². The first kappa shape index (κ1) is 9.66. The molecule has 0 aromatic carbocycles. The molecule has 0 radical (unpaired) electrons. The molecule has 1 aliphatic carbocycles. The highest BCUT2D eigenvalue weighted by molar-refractivity contribution is 5.26. The first-order valence-corrected chi connectivity index (χ1v) is 5.46. The van der Waals surface area contributed by atoms with Crippen molar-refractivity contribution < 1.29 is 0 Å². The van der Waals surface area contributed by atoms with Crippen LogP contribution in [0.1, 0.15) is 36.9 Å². The molecule has 1 aromatic heterocycles. The summed E-state index contributed by atoms with van der Waals surface area (Å²) >= 11 is 0. The maximum Gasteiger partial charge on any atom is 0.0366 e. The second-order valence-corrected chi connectivity index (χ2v) is 4.11. The van der Waals surface area contributed by atoms with E-state index in [9.17, 15) is 0 Å². The highest BCUT2D eigenvalue weighted by atomic mass is 14.9. The first-order chi connectivity index (χ1) is 6.83. The molecular weight excluding hydrogens is 172 g/mol. The van der Waals surface area contributed by atoms with Crippen molar-refractivity contribution >= 4 is 0 Å². The Bertz CT molecular complexity index is 305. The van der Waals surface area contributed by atoms with E-state index in [0.717, 1.165) is 12.5 Å². The molecule has 2 heteroatoms. The first-order valence-electron chi connectivity index (χ1n) is 5.46. The Hall–Kier alpha value is -0.890. The zero-order valence-electron chi connectivity index (χ0n) is 8.96. The highest BCUT2D eigenvalue weighted by Crippen LogP contribution is 2.41. The summed E-state index contributed by atoms with van der Waals surface area (Å²) in [5, 5.41) is 3.56. The smallest absolute Gasteiger partial charge is 0.0366 e. The van der Waals surface area contributed by atoms with Crippen LogP contribution in [0.25, 0.3) is 0 Å². The molecule has 0 bridgehead atoms. The number of nitrogens with one attached hydrogen (secondary N) is 1. The van der Waals surface area contributed by atoms with Crippen molar-refractivity contribution in [2.45, 2.75) is 32.7 Å². The number of hydrogen-bond acceptors (Lipinski definition) is 2. The van der Waals surface area contributed by atoms with Gasteiger partial charge in [0.25, 0.3) is 0 Å². The van der Waals surface area contributed by atoms with Crippen LogP contribution in [-0.2, 0) is 0 Å². The lowest BCUT2D eigenvalue weighted by atomic mass is 10.00. The lowest BCUT2D eigenvalue weighted by Crippen LogP contribution is -2.23. The number of rotatable bonds is 4. The Morgan fingerprint density at radius 1 is 1.57 bits per heavy atom. The normalized spacial score (nSPS) is 18.1. The van der Waals surface area contributed by atoms with Gasteiger partial charge >= 0.3 is 0 Å². The second kappa shape index (κ2) is 4.09. The van der Waals surface area contributed by atoms with Gasteiger partial charge in [-0.3, -0.25) is 4.98 Å². The van der Waals surface area contributed by atoms with E-state index in [1.165, 1.54) is 24.0 Å². The van der Waals surface area contributed by atoms with Gasteiger partial charge in [-0.25, -0.2) is 0 Å². The minimum absolute atomic E-state index is 0.536. The predicted molar refractivity (Wildman–Crippen MR) is 58.1 cm³/mol. The molecule has 1 heterocycles. The Morgan fingerprint density at radius 3 is 2.93 bits per heavy atom. The average Bonchev–Trinajstić information content (AvgIpc) is 2.99. The highest BCUT2D eigenvalue weighted by Gasteiger charge is 2.32. The molecule has 1 aromatic rings. The molecule has 76 valence electrons. The molecule has 1 saturated carbocycles. The Morgan fingerprint density at radius 2 is 2.36 bits per heavy atom. The molecule has 0 amide bonds. The number of pyridine rings is 1. The molecule has 0 aliphatic heterocycles. The summed E-state index contributed by atoms with van der Waals surface area (Å²) in [5.41, 5.74) is 2.75. The topological polar surface area (TPSA) is 24.9 Å². The molecule has 1 unspecified atom stereocenters. The Kier molecular flexibility index (Phi) is 2.82. The van der Waals surface area contributed by atoms with Crippen molar-refractivity contribution in [2.24, 2.45) is 5.92 Å². The fourth-order valence-electron chi connectivity index (χ4n) is 1.98. The van der Waals surface area contributed by atoms with E-state index in [4.69, 9.17) is 0 Å². The largest absolute Gasteiger partial charge is 0.310 e. The van der Waals surface area contributed by atoms with Crippen LogP contribution in [0, 0.1) is 12.8 Å². The second-order valence-electron chi connectivity index (χ2n) is 4.11. The van der Waals surface area contributed by atoms with Crippen LogP contribution in [0.3, 0.4) is 0 Å². The van der Waals surface area contributed by atoms with Crippen LogP contribution in [0.15, 0.2) is 18.5 Å². The van der Waals surface area contributed by atoms with Crippen LogP contribution >= 0.6 is 0 Å². The van der Waals surface area contributed by atoms with Gasteiger partial charge in [-0.1, -0.05) is 6.92 Å². The summed E-state index contributed by atoms with van der Waals surface area (Å²) in [6, 6.07) is 2.64. The molecule has 1 N–H and O–H groups in total. The van der Waals surface area contributed by atoms with Crippen molar-refractivity contribution in [3.8, 4) is 0 Å². The van der Waals surface area contributed by atoms with Gasteiger partial charge in [0.15, 0.2) is 0 Å². The third-order valence-corrected chi connectivity index (χ3v) is 2.93. The fraction of sp³-hybridized carbons (Fsp3) is 0.583. The van der Waals surface area contributed by atoms with E-state index in [1.54, 1.807) is 0 Å². The number of hydrogen-bond donors (Lipinski definition) is 1. The van der Waals surface area contributed by atoms with Crippen LogP contribution in [0.2, 0.25) is 0 Å². The maximum absolute atomic E-state index is 4.22. The third-order valence-electron chi connectivity index (χ3n) is 2.93. The molecule has 1 fully saturated rings. The third kappa shape index (κ3) is 1.95. The van der Waals surface area contributed by atoms with Crippen molar-refractivity contribution in [1.29, 1.82) is 0 Å². The van der Waals surface area contributed by atoms with Gasteiger partial charge in [0.2, 0.25) is 0 Å². The summed E-state index contributed by atoms with van der Waals surface area (Å²) in [5.74, 6) is 0.845. The molecular formula is C12H18N2. The fourth-order valence-corrected chi connectivity index (χ4v) is 1.98. The van der Waals surface area contributed by atoms with Crippen LogP contribution < -0.4 is 5.32 Å². The van der Waals surface area contributed by atoms with E-state index in [2.05, 4.69) is 30.2 Å². The van der Waals surface area contributed by atoms with E-state index in [-0.39, 0.29) is 0 Å². The van der Waals surface area contributed by atoms with Crippen LogP contribution in [-0.4, -0.2) is 11.5 Å². The quantitative estimate of drug-likeness (QED) is 0.789. The van der Waals surface area contributed by atoms with Crippen LogP contribution in [0.4, 0.5) is 0 Å². The summed E-state index contributed by atoms with van der Waals surface area (Å²) < 4.78 is 0. The predicted octanol–water partition coefficient (Wildman–Crippen LogP) is 2.45. The molecule has 1 atom stereocenters.